The minimum Gasteiger partial charge on any atom is -0.336 e. The number of aromatic amines is 1. The van der Waals surface area contributed by atoms with Gasteiger partial charge in [0.2, 0.25) is 16.0 Å². The molecule has 0 bridgehead atoms. The Morgan fingerprint density at radius 3 is 2.27 bits per heavy atom. The van der Waals surface area contributed by atoms with Crippen molar-refractivity contribution in [1.29, 1.82) is 0 Å². The van der Waals surface area contributed by atoms with Crippen LogP contribution in [0.1, 0.15) is 13.3 Å². The van der Waals surface area contributed by atoms with E-state index >= 15 is 0 Å². The number of halogens is 2. The zero-order valence-electron chi connectivity index (χ0n) is 21.1. The summed E-state index contributed by atoms with van der Waals surface area (Å²) in [5.74, 6) is -2.46. The molecule has 3 aromatic heterocycles. The molecule has 208 valence electrons. The van der Waals surface area contributed by atoms with E-state index in [0.29, 0.717) is 11.3 Å². The zero-order chi connectivity index (χ0) is 28.7. The smallest absolute Gasteiger partial charge is 0.285 e. The molecule has 0 radical (unpaired) electrons. The van der Waals surface area contributed by atoms with Crippen molar-refractivity contribution in [1.82, 2.24) is 23.9 Å². The molecule has 5 rings (SSSR count). The topological polar surface area (TPSA) is 149 Å². The van der Waals surface area contributed by atoms with Crippen LogP contribution in [0.3, 0.4) is 0 Å². The van der Waals surface area contributed by atoms with Gasteiger partial charge in [0.25, 0.3) is 10.1 Å². The molecule has 0 aliphatic carbocycles. The molecule has 0 fully saturated rings. The number of rotatable bonds is 9. The van der Waals surface area contributed by atoms with Crippen LogP contribution < -0.4 is 5.48 Å². The van der Waals surface area contributed by atoms with Crippen molar-refractivity contribution in [3.63, 3.8) is 0 Å². The van der Waals surface area contributed by atoms with Crippen LogP contribution in [0.5, 0.6) is 0 Å². The molecule has 0 saturated carbocycles. The standard InChI is InChI=1S/C25H22F2N6O5S2/c1-3-14-40(36,37)33-24-19(29-25(33)32-38-39(2,34)35)13-12-18(28-24)22-21(15-8-5-4-6-9-15)30-23(31-22)20-16(26)10-7-11-17(20)27/h4-13H,3,14H2,1-2H3,(H,29,32)(H,30,31). The van der Waals surface area contributed by atoms with Crippen molar-refractivity contribution in [2.75, 3.05) is 17.5 Å². The first-order valence-corrected chi connectivity index (χ1v) is 15.3. The van der Waals surface area contributed by atoms with E-state index in [1.807, 2.05) is 0 Å². The Kier molecular flexibility index (Phi) is 7.12. The summed E-state index contributed by atoms with van der Waals surface area (Å²) in [5.41, 5.74) is 3.06. The predicted molar refractivity (Wildman–Crippen MR) is 145 cm³/mol. The van der Waals surface area contributed by atoms with Gasteiger partial charge >= 0.3 is 0 Å². The molecule has 2 aromatic carbocycles. The van der Waals surface area contributed by atoms with Crippen LogP contribution in [-0.2, 0) is 24.4 Å². The van der Waals surface area contributed by atoms with Gasteiger partial charge in [0.1, 0.15) is 23.0 Å². The van der Waals surface area contributed by atoms with Gasteiger partial charge in [-0.1, -0.05) is 43.3 Å². The van der Waals surface area contributed by atoms with Crippen LogP contribution in [0.2, 0.25) is 0 Å². The summed E-state index contributed by atoms with van der Waals surface area (Å²) < 4.78 is 84.1. The number of H-pyrrole nitrogens is 1. The van der Waals surface area contributed by atoms with Gasteiger partial charge < -0.3 is 4.98 Å². The fraction of sp³-hybridized carbons (Fsp3) is 0.160. The summed E-state index contributed by atoms with van der Waals surface area (Å²) >= 11 is 0. The lowest BCUT2D eigenvalue weighted by atomic mass is 10.1. The molecular weight excluding hydrogens is 566 g/mol. The van der Waals surface area contributed by atoms with Crippen molar-refractivity contribution >= 4 is 37.3 Å². The molecule has 0 aliphatic rings. The predicted octanol–water partition coefficient (Wildman–Crippen LogP) is 4.32. The van der Waals surface area contributed by atoms with Gasteiger partial charge in [-0.25, -0.2) is 37.6 Å². The van der Waals surface area contributed by atoms with E-state index in [9.17, 15) is 25.6 Å². The van der Waals surface area contributed by atoms with Crippen LogP contribution in [0.15, 0.2) is 60.7 Å². The van der Waals surface area contributed by atoms with E-state index in [1.54, 1.807) is 37.3 Å². The van der Waals surface area contributed by atoms with Crippen LogP contribution in [-0.4, -0.2) is 52.8 Å². The van der Waals surface area contributed by atoms with E-state index in [0.717, 1.165) is 22.4 Å². The van der Waals surface area contributed by atoms with Gasteiger partial charge in [-0.05, 0) is 30.7 Å². The molecule has 5 aromatic rings. The third-order valence-corrected chi connectivity index (χ3v) is 7.91. The highest BCUT2D eigenvalue weighted by Gasteiger charge is 2.26. The second kappa shape index (κ2) is 10.4. The normalized spacial score (nSPS) is 12.2. The number of hydrogen-bond donors (Lipinski definition) is 2. The molecule has 15 heteroatoms. The van der Waals surface area contributed by atoms with E-state index in [1.165, 1.54) is 18.2 Å². The number of imidazole rings is 2. The number of anilines is 1. The second-order valence-corrected chi connectivity index (χ2v) is 12.2. The van der Waals surface area contributed by atoms with Crippen LogP contribution >= 0.6 is 0 Å². The minimum atomic E-state index is -4.07. The summed E-state index contributed by atoms with van der Waals surface area (Å²) in [6.07, 6.45) is 1.04. The Labute approximate surface area is 228 Å². The lowest BCUT2D eigenvalue weighted by Crippen LogP contribution is -2.21. The summed E-state index contributed by atoms with van der Waals surface area (Å²) in [4.78, 5) is 16.1. The number of pyridine rings is 1. The Balaban J connectivity index is 1.74. The molecular formula is C25H22F2N6O5S2. The maximum absolute atomic E-state index is 14.7. The molecule has 40 heavy (non-hydrogen) atoms. The second-order valence-electron chi connectivity index (χ2n) is 8.72. The lowest BCUT2D eigenvalue weighted by Gasteiger charge is -2.10. The van der Waals surface area contributed by atoms with Gasteiger partial charge in [-0.2, -0.15) is 12.4 Å². The number of nitrogens with one attached hydrogen (secondary N) is 2. The third kappa shape index (κ3) is 5.30. The molecule has 3 heterocycles. The Hall–Kier alpha value is -4.21. The number of benzene rings is 2. The average Bonchev–Trinajstić information content (AvgIpc) is 3.49. The number of nitrogens with zero attached hydrogens (tertiary/aromatic N) is 4. The molecule has 0 aliphatic heterocycles. The van der Waals surface area contributed by atoms with Gasteiger partial charge in [0, 0.05) is 5.56 Å². The van der Waals surface area contributed by atoms with Crippen LogP contribution in [0.4, 0.5) is 14.7 Å². The van der Waals surface area contributed by atoms with E-state index < -0.39 is 37.7 Å². The lowest BCUT2D eigenvalue weighted by molar-refractivity contribution is 0.391. The minimum absolute atomic E-state index is 0.0950. The highest BCUT2D eigenvalue weighted by atomic mass is 32.2. The summed E-state index contributed by atoms with van der Waals surface area (Å²) in [7, 11) is -8.08. The van der Waals surface area contributed by atoms with E-state index in [-0.39, 0.29) is 46.1 Å². The van der Waals surface area contributed by atoms with Crippen LogP contribution in [0.25, 0.3) is 45.2 Å². The SMILES string of the molecule is CCCS(=O)(=O)n1c(NOS(C)(=O)=O)nc2ccc(-c3[nH]c(-c4c(F)cccc4F)nc3-c3ccccc3)nc21. The number of fused-ring (bicyclic) bond motifs is 1. The largest absolute Gasteiger partial charge is 0.336 e. The first kappa shape index (κ1) is 27.4. The van der Waals surface area contributed by atoms with Crippen LogP contribution in [0, 0.1) is 11.6 Å². The quantitative estimate of drug-likeness (QED) is 0.240. The molecule has 0 amide bonds. The maximum Gasteiger partial charge on any atom is 0.285 e. The van der Waals surface area contributed by atoms with Crippen molar-refractivity contribution in [2.24, 2.45) is 0 Å². The van der Waals surface area contributed by atoms with Gasteiger partial charge in [0.05, 0.1) is 34.7 Å². The molecule has 0 atom stereocenters. The van der Waals surface area contributed by atoms with Crippen molar-refractivity contribution < 1.29 is 29.9 Å². The Morgan fingerprint density at radius 2 is 1.62 bits per heavy atom. The molecule has 0 saturated heterocycles. The van der Waals surface area contributed by atoms with Crippen molar-refractivity contribution in [3.05, 3.63) is 72.3 Å². The first-order valence-electron chi connectivity index (χ1n) is 11.9. The fourth-order valence-electron chi connectivity index (χ4n) is 4.07. The first-order chi connectivity index (χ1) is 19.0. The van der Waals surface area contributed by atoms with E-state index in [4.69, 9.17) is 0 Å². The fourth-order valence-corrected chi connectivity index (χ4v) is 5.74. The molecule has 0 spiro atoms. The highest BCUT2D eigenvalue weighted by Crippen LogP contribution is 2.35. The Morgan fingerprint density at radius 1 is 0.925 bits per heavy atom. The summed E-state index contributed by atoms with van der Waals surface area (Å²) in [6, 6.07) is 15.3. The van der Waals surface area contributed by atoms with Gasteiger partial charge in [-0.15, -0.1) is 4.28 Å². The van der Waals surface area contributed by atoms with E-state index in [2.05, 4.69) is 29.7 Å². The maximum atomic E-state index is 14.7. The molecule has 0 unspecified atom stereocenters. The van der Waals surface area contributed by atoms with Gasteiger partial charge in [-0.3, -0.25) is 0 Å². The average molecular weight is 589 g/mol. The molecule has 11 nitrogen and oxygen atoms in total. The third-order valence-electron chi connectivity index (χ3n) is 5.70. The monoisotopic (exact) mass is 588 g/mol. The highest BCUT2D eigenvalue weighted by molar-refractivity contribution is 7.90. The van der Waals surface area contributed by atoms with Crippen molar-refractivity contribution in [3.8, 4) is 34.0 Å². The number of hydrogen-bond acceptors (Lipinski definition) is 9. The Bertz CT molecular complexity index is 1920. The number of aromatic nitrogens is 5. The molecule has 2 N–H and O–H groups in total. The van der Waals surface area contributed by atoms with Gasteiger partial charge in [0.15, 0.2) is 5.65 Å². The van der Waals surface area contributed by atoms with Crippen molar-refractivity contribution in [2.45, 2.75) is 13.3 Å². The zero-order valence-corrected chi connectivity index (χ0v) is 22.7. The summed E-state index contributed by atoms with van der Waals surface area (Å²) in [6.45, 7) is 1.66. The summed E-state index contributed by atoms with van der Waals surface area (Å²) in [5, 5.41) is 0.